The van der Waals surface area contributed by atoms with E-state index < -0.39 is 0 Å². The summed E-state index contributed by atoms with van der Waals surface area (Å²) in [4.78, 5) is 20.1. The van der Waals surface area contributed by atoms with Crippen molar-refractivity contribution in [2.45, 2.75) is 20.4 Å². The van der Waals surface area contributed by atoms with Crippen molar-refractivity contribution in [3.8, 4) is 0 Å². The van der Waals surface area contributed by atoms with Crippen LogP contribution in [0.5, 0.6) is 0 Å². The third-order valence-electron chi connectivity index (χ3n) is 4.57. The quantitative estimate of drug-likeness (QED) is 0.307. The van der Waals surface area contributed by atoms with Crippen molar-refractivity contribution < 1.29 is 4.79 Å². The molecular formula is C23H19IN2OS. The summed E-state index contributed by atoms with van der Waals surface area (Å²) >= 11 is 3.80. The Morgan fingerprint density at radius 3 is 2.50 bits per heavy atom. The third-order valence-corrected chi connectivity index (χ3v) is 6.74. The molecule has 4 aromatic rings. The number of anilines is 1. The van der Waals surface area contributed by atoms with Gasteiger partial charge in [-0.15, -0.1) is 0 Å². The number of hydrogen-bond acceptors (Lipinski definition) is 3. The number of hydrogen-bond donors (Lipinski definition) is 0. The summed E-state index contributed by atoms with van der Waals surface area (Å²) in [6.45, 7) is 4.66. The minimum atomic E-state index is -0.0257. The Labute approximate surface area is 182 Å². The SMILES string of the molecule is Cc1cc(C)c2sc(N(Cc3ccccc3)C(=O)c3ccccc3I)nc2c1. The molecule has 1 heterocycles. The first-order valence-corrected chi connectivity index (χ1v) is 10.9. The van der Waals surface area contributed by atoms with Gasteiger partial charge in [0.15, 0.2) is 5.13 Å². The monoisotopic (exact) mass is 498 g/mol. The lowest BCUT2D eigenvalue weighted by Gasteiger charge is -2.20. The molecule has 0 aliphatic carbocycles. The highest BCUT2D eigenvalue weighted by Gasteiger charge is 2.23. The van der Waals surface area contributed by atoms with Gasteiger partial charge < -0.3 is 0 Å². The van der Waals surface area contributed by atoms with Crippen LogP contribution < -0.4 is 4.90 Å². The van der Waals surface area contributed by atoms with Crippen LogP contribution in [0, 0.1) is 17.4 Å². The van der Waals surface area contributed by atoms with Gasteiger partial charge in [-0.3, -0.25) is 9.69 Å². The van der Waals surface area contributed by atoms with Gasteiger partial charge in [-0.05, 0) is 71.3 Å². The van der Waals surface area contributed by atoms with Crippen molar-refractivity contribution >= 4 is 55.2 Å². The lowest BCUT2D eigenvalue weighted by Crippen LogP contribution is -2.30. The van der Waals surface area contributed by atoms with Crippen LogP contribution in [0.2, 0.25) is 0 Å². The Bertz CT molecular complexity index is 1150. The number of aromatic nitrogens is 1. The molecule has 0 aliphatic rings. The maximum Gasteiger partial charge on any atom is 0.261 e. The van der Waals surface area contributed by atoms with E-state index in [1.165, 1.54) is 11.1 Å². The summed E-state index contributed by atoms with van der Waals surface area (Å²) in [5.74, 6) is -0.0257. The number of halogens is 1. The lowest BCUT2D eigenvalue weighted by molar-refractivity contribution is 0.0984. The van der Waals surface area contributed by atoms with E-state index in [0.29, 0.717) is 12.1 Å². The van der Waals surface area contributed by atoms with Crippen LogP contribution in [0.15, 0.2) is 66.7 Å². The molecule has 0 saturated heterocycles. The molecule has 3 aromatic carbocycles. The number of benzene rings is 3. The summed E-state index contributed by atoms with van der Waals surface area (Å²) in [6, 6.07) is 22.0. The molecule has 3 nitrogen and oxygen atoms in total. The maximum absolute atomic E-state index is 13.5. The Hall–Kier alpha value is -2.25. The average Bonchev–Trinajstić information content (AvgIpc) is 3.11. The molecule has 0 bridgehead atoms. The van der Waals surface area contributed by atoms with E-state index in [2.05, 4.69) is 48.6 Å². The van der Waals surface area contributed by atoms with Gasteiger partial charge in [-0.2, -0.15) is 0 Å². The second kappa shape index (κ2) is 8.01. The van der Waals surface area contributed by atoms with E-state index in [1.54, 1.807) is 16.2 Å². The van der Waals surface area contributed by atoms with E-state index in [9.17, 15) is 4.79 Å². The molecule has 4 rings (SSSR count). The van der Waals surface area contributed by atoms with Gasteiger partial charge in [0.25, 0.3) is 5.91 Å². The van der Waals surface area contributed by atoms with Crippen LogP contribution in [0.4, 0.5) is 5.13 Å². The normalized spacial score (nSPS) is 11.0. The van der Waals surface area contributed by atoms with Gasteiger partial charge in [0.2, 0.25) is 0 Å². The molecule has 0 saturated carbocycles. The van der Waals surface area contributed by atoms with E-state index >= 15 is 0 Å². The number of carbonyl (C=O) groups excluding carboxylic acids is 1. The van der Waals surface area contributed by atoms with Crippen molar-refractivity contribution in [3.05, 3.63) is 92.6 Å². The topological polar surface area (TPSA) is 33.2 Å². The van der Waals surface area contributed by atoms with E-state index in [4.69, 9.17) is 4.98 Å². The lowest BCUT2D eigenvalue weighted by atomic mass is 10.1. The predicted molar refractivity (Wildman–Crippen MR) is 125 cm³/mol. The Balaban J connectivity index is 1.82. The molecule has 1 amide bonds. The smallest absolute Gasteiger partial charge is 0.261 e. The number of fused-ring (bicyclic) bond motifs is 1. The highest BCUT2D eigenvalue weighted by atomic mass is 127. The molecule has 28 heavy (non-hydrogen) atoms. The first kappa shape index (κ1) is 19.1. The first-order chi connectivity index (χ1) is 13.5. The second-order valence-electron chi connectivity index (χ2n) is 6.78. The summed E-state index contributed by atoms with van der Waals surface area (Å²) in [6.07, 6.45) is 0. The van der Waals surface area contributed by atoms with Gasteiger partial charge in [-0.1, -0.05) is 59.9 Å². The predicted octanol–water partition coefficient (Wildman–Crippen LogP) is 6.36. The van der Waals surface area contributed by atoms with Gasteiger partial charge in [0.1, 0.15) is 0 Å². The van der Waals surface area contributed by atoms with Crippen molar-refractivity contribution in [1.29, 1.82) is 0 Å². The minimum Gasteiger partial charge on any atom is -0.279 e. The molecule has 140 valence electrons. The molecule has 1 aromatic heterocycles. The number of rotatable bonds is 4. The Morgan fingerprint density at radius 2 is 1.75 bits per heavy atom. The molecule has 0 spiro atoms. The molecule has 5 heteroatoms. The number of carbonyl (C=O) groups is 1. The standard InChI is InChI=1S/C23H19IN2OS/c1-15-12-16(2)21-20(13-15)25-23(28-21)26(14-17-8-4-3-5-9-17)22(27)18-10-6-7-11-19(18)24/h3-13H,14H2,1-2H3. The van der Waals surface area contributed by atoms with Crippen LogP contribution in [0.1, 0.15) is 27.0 Å². The number of amides is 1. The van der Waals surface area contributed by atoms with Crippen LogP contribution in [0.3, 0.4) is 0 Å². The fraction of sp³-hybridized carbons (Fsp3) is 0.130. The van der Waals surface area contributed by atoms with E-state index in [-0.39, 0.29) is 5.91 Å². The largest absolute Gasteiger partial charge is 0.279 e. The molecule has 0 aliphatic heterocycles. The van der Waals surface area contributed by atoms with Gasteiger partial charge >= 0.3 is 0 Å². The van der Waals surface area contributed by atoms with Gasteiger partial charge in [0, 0.05) is 3.57 Å². The molecule has 0 fully saturated rings. The number of thiazole rings is 1. The molecular weight excluding hydrogens is 479 g/mol. The molecule has 0 atom stereocenters. The number of aryl methyl sites for hydroxylation is 2. The number of nitrogens with zero attached hydrogens (tertiary/aromatic N) is 2. The van der Waals surface area contributed by atoms with Crippen molar-refractivity contribution in [2.24, 2.45) is 0 Å². The maximum atomic E-state index is 13.5. The summed E-state index contributed by atoms with van der Waals surface area (Å²) < 4.78 is 2.07. The fourth-order valence-corrected chi connectivity index (χ4v) is 4.88. The summed E-state index contributed by atoms with van der Waals surface area (Å²) in [5, 5.41) is 0.734. The second-order valence-corrected chi connectivity index (χ2v) is 8.92. The highest BCUT2D eigenvalue weighted by Crippen LogP contribution is 2.34. The highest BCUT2D eigenvalue weighted by molar-refractivity contribution is 14.1. The minimum absolute atomic E-state index is 0.0257. The van der Waals surface area contributed by atoms with Crippen LogP contribution in [0.25, 0.3) is 10.2 Å². The first-order valence-electron chi connectivity index (χ1n) is 9.01. The zero-order chi connectivity index (χ0) is 19.7. The molecule has 0 N–H and O–H groups in total. The Kier molecular flexibility index (Phi) is 5.46. The van der Waals surface area contributed by atoms with Crippen LogP contribution in [-0.4, -0.2) is 10.9 Å². The zero-order valence-electron chi connectivity index (χ0n) is 15.6. The van der Waals surface area contributed by atoms with E-state index in [0.717, 1.165) is 24.5 Å². The summed E-state index contributed by atoms with van der Waals surface area (Å²) in [5.41, 5.74) is 5.10. The third kappa shape index (κ3) is 3.82. The van der Waals surface area contributed by atoms with E-state index in [1.807, 2.05) is 54.6 Å². The summed E-state index contributed by atoms with van der Waals surface area (Å²) in [7, 11) is 0. The zero-order valence-corrected chi connectivity index (χ0v) is 18.6. The van der Waals surface area contributed by atoms with Crippen molar-refractivity contribution in [1.82, 2.24) is 4.98 Å². The van der Waals surface area contributed by atoms with Crippen LogP contribution >= 0.6 is 33.9 Å². The van der Waals surface area contributed by atoms with Crippen LogP contribution in [-0.2, 0) is 6.54 Å². The average molecular weight is 498 g/mol. The van der Waals surface area contributed by atoms with Gasteiger partial charge in [-0.25, -0.2) is 4.98 Å². The van der Waals surface area contributed by atoms with Crippen molar-refractivity contribution in [3.63, 3.8) is 0 Å². The van der Waals surface area contributed by atoms with Gasteiger partial charge in [0.05, 0.1) is 22.3 Å². The fourth-order valence-electron chi connectivity index (χ4n) is 3.25. The van der Waals surface area contributed by atoms with Crippen molar-refractivity contribution in [2.75, 3.05) is 4.90 Å². The Morgan fingerprint density at radius 1 is 1.04 bits per heavy atom. The molecule has 0 radical (unpaired) electrons. The molecule has 0 unspecified atom stereocenters.